The number of hydrogen-bond donors (Lipinski definition) is 1. The molecule has 0 aliphatic rings. The molecule has 0 spiro atoms. The number of carbonyl (C=O) groups excluding carboxylic acids is 1. The quantitative estimate of drug-likeness (QED) is 0.692. The maximum Gasteiger partial charge on any atom is 0.340 e. The fourth-order valence-corrected chi connectivity index (χ4v) is 1.94. The van der Waals surface area contributed by atoms with Crippen molar-refractivity contribution in [3.8, 4) is 0 Å². The van der Waals surface area contributed by atoms with Crippen LogP contribution in [-0.4, -0.2) is 18.1 Å². The molecule has 0 unspecified atom stereocenters. The Bertz CT molecular complexity index is 641. The van der Waals surface area contributed by atoms with Gasteiger partial charge in [-0.2, -0.15) is 0 Å². The lowest BCUT2D eigenvalue weighted by atomic mass is 10.2. The molecule has 2 aromatic rings. The van der Waals surface area contributed by atoms with E-state index >= 15 is 0 Å². The van der Waals surface area contributed by atoms with Gasteiger partial charge in [-0.1, -0.05) is 11.6 Å². The SMILES string of the molecule is COC(=O)c1ccc(Nc2c(C)ccnc2Cl)cc1F. The molecule has 1 N–H and O–H groups in total. The van der Waals surface area contributed by atoms with E-state index in [2.05, 4.69) is 15.0 Å². The average molecular weight is 295 g/mol. The van der Waals surface area contributed by atoms with Gasteiger partial charge < -0.3 is 10.1 Å². The van der Waals surface area contributed by atoms with Crippen LogP contribution < -0.4 is 5.32 Å². The van der Waals surface area contributed by atoms with Crippen LogP contribution >= 0.6 is 11.6 Å². The van der Waals surface area contributed by atoms with E-state index < -0.39 is 11.8 Å². The second-order valence-corrected chi connectivity index (χ2v) is 4.46. The smallest absolute Gasteiger partial charge is 0.340 e. The lowest BCUT2D eigenvalue weighted by molar-refractivity contribution is 0.0595. The molecular weight excluding hydrogens is 283 g/mol. The number of carbonyl (C=O) groups is 1. The van der Waals surface area contributed by atoms with Gasteiger partial charge in [-0.15, -0.1) is 0 Å². The molecule has 1 aromatic carbocycles. The molecule has 20 heavy (non-hydrogen) atoms. The number of nitrogens with zero attached hydrogens (tertiary/aromatic N) is 1. The highest BCUT2D eigenvalue weighted by atomic mass is 35.5. The zero-order valence-electron chi connectivity index (χ0n) is 10.9. The summed E-state index contributed by atoms with van der Waals surface area (Å²) >= 11 is 5.98. The van der Waals surface area contributed by atoms with Crippen LogP contribution in [0, 0.1) is 12.7 Å². The lowest BCUT2D eigenvalue weighted by Crippen LogP contribution is -2.05. The fraction of sp³-hybridized carbons (Fsp3) is 0.143. The normalized spacial score (nSPS) is 10.2. The maximum atomic E-state index is 13.8. The van der Waals surface area contributed by atoms with Crippen molar-refractivity contribution in [2.45, 2.75) is 6.92 Å². The minimum atomic E-state index is -0.718. The summed E-state index contributed by atoms with van der Waals surface area (Å²) in [5, 5.41) is 3.27. The number of ether oxygens (including phenoxy) is 1. The summed E-state index contributed by atoms with van der Waals surface area (Å²) < 4.78 is 18.3. The Morgan fingerprint density at radius 3 is 2.75 bits per heavy atom. The molecule has 0 atom stereocenters. The molecule has 6 heteroatoms. The number of methoxy groups -OCH3 is 1. The molecule has 2 rings (SSSR count). The molecule has 0 amide bonds. The highest BCUT2D eigenvalue weighted by Gasteiger charge is 2.13. The molecule has 0 saturated heterocycles. The highest BCUT2D eigenvalue weighted by molar-refractivity contribution is 6.32. The highest BCUT2D eigenvalue weighted by Crippen LogP contribution is 2.27. The van der Waals surface area contributed by atoms with Crippen molar-refractivity contribution in [2.75, 3.05) is 12.4 Å². The van der Waals surface area contributed by atoms with E-state index in [0.717, 1.165) is 5.56 Å². The third-order valence-corrected chi connectivity index (χ3v) is 3.04. The first kappa shape index (κ1) is 14.3. The van der Waals surface area contributed by atoms with Crippen molar-refractivity contribution >= 4 is 28.9 Å². The van der Waals surface area contributed by atoms with Gasteiger partial charge >= 0.3 is 5.97 Å². The van der Waals surface area contributed by atoms with Crippen molar-refractivity contribution in [1.29, 1.82) is 0 Å². The van der Waals surface area contributed by atoms with E-state index in [0.29, 0.717) is 16.5 Å². The Morgan fingerprint density at radius 2 is 2.15 bits per heavy atom. The number of aryl methyl sites for hydroxylation is 1. The number of halogens is 2. The van der Waals surface area contributed by atoms with Crippen LogP contribution in [-0.2, 0) is 4.74 Å². The number of pyridine rings is 1. The fourth-order valence-electron chi connectivity index (χ4n) is 1.69. The van der Waals surface area contributed by atoms with Gasteiger partial charge in [0.05, 0.1) is 18.4 Å². The third kappa shape index (κ3) is 2.88. The van der Waals surface area contributed by atoms with E-state index in [1.165, 1.54) is 19.2 Å². The molecule has 0 aliphatic heterocycles. The van der Waals surface area contributed by atoms with E-state index in [1.807, 2.05) is 6.92 Å². The molecule has 4 nitrogen and oxygen atoms in total. The number of benzene rings is 1. The third-order valence-electron chi connectivity index (χ3n) is 2.76. The number of anilines is 2. The van der Waals surface area contributed by atoms with Gasteiger partial charge in [0.25, 0.3) is 0 Å². The van der Waals surface area contributed by atoms with Crippen molar-refractivity contribution in [3.63, 3.8) is 0 Å². The van der Waals surface area contributed by atoms with Crippen LogP contribution in [0.1, 0.15) is 15.9 Å². The van der Waals surface area contributed by atoms with Crippen molar-refractivity contribution < 1.29 is 13.9 Å². The minimum Gasteiger partial charge on any atom is -0.465 e. The zero-order valence-corrected chi connectivity index (χ0v) is 11.7. The van der Waals surface area contributed by atoms with E-state index in [9.17, 15) is 9.18 Å². The Morgan fingerprint density at radius 1 is 1.40 bits per heavy atom. The minimum absolute atomic E-state index is 0.118. The molecule has 0 bridgehead atoms. The van der Waals surface area contributed by atoms with Crippen molar-refractivity contribution in [2.24, 2.45) is 0 Å². The summed E-state index contributed by atoms with van der Waals surface area (Å²) in [6.07, 6.45) is 1.59. The van der Waals surface area contributed by atoms with E-state index in [-0.39, 0.29) is 5.56 Å². The predicted molar refractivity (Wildman–Crippen MR) is 75.0 cm³/mol. The van der Waals surface area contributed by atoms with Crippen LogP contribution in [0.2, 0.25) is 5.15 Å². The number of esters is 1. The van der Waals surface area contributed by atoms with Crippen LogP contribution in [0.25, 0.3) is 0 Å². The lowest BCUT2D eigenvalue weighted by Gasteiger charge is -2.11. The number of rotatable bonds is 3. The molecule has 0 saturated carbocycles. The van der Waals surface area contributed by atoms with Crippen LogP contribution in [0.5, 0.6) is 0 Å². The van der Waals surface area contributed by atoms with E-state index in [4.69, 9.17) is 11.6 Å². The van der Waals surface area contributed by atoms with Crippen LogP contribution in [0.4, 0.5) is 15.8 Å². The molecule has 1 aromatic heterocycles. The Kier molecular flexibility index (Phi) is 4.20. The molecule has 104 valence electrons. The summed E-state index contributed by atoms with van der Waals surface area (Å²) in [4.78, 5) is 15.3. The second kappa shape index (κ2) is 5.88. The molecule has 0 fully saturated rings. The number of nitrogens with one attached hydrogen (secondary N) is 1. The Hall–Kier alpha value is -2.14. The molecular formula is C14H12ClFN2O2. The Balaban J connectivity index is 2.32. The van der Waals surface area contributed by atoms with Gasteiger partial charge in [-0.25, -0.2) is 14.2 Å². The topological polar surface area (TPSA) is 51.2 Å². The van der Waals surface area contributed by atoms with Gasteiger partial charge in [-0.3, -0.25) is 0 Å². The van der Waals surface area contributed by atoms with Crippen LogP contribution in [0.15, 0.2) is 30.5 Å². The van der Waals surface area contributed by atoms with Gasteiger partial charge in [0, 0.05) is 11.9 Å². The van der Waals surface area contributed by atoms with Gasteiger partial charge in [0.15, 0.2) is 5.15 Å². The first-order valence-corrected chi connectivity index (χ1v) is 6.16. The van der Waals surface area contributed by atoms with Crippen molar-refractivity contribution in [1.82, 2.24) is 4.98 Å². The molecule has 1 heterocycles. The summed E-state index contributed by atoms with van der Waals surface area (Å²) in [7, 11) is 1.20. The first-order chi connectivity index (χ1) is 9.52. The summed E-state index contributed by atoms with van der Waals surface area (Å²) in [6.45, 7) is 1.86. The second-order valence-electron chi connectivity index (χ2n) is 4.10. The number of aromatic nitrogens is 1. The van der Waals surface area contributed by atoms with Gasteiger partial charge in [0.2, 0.25) is 0 Å². The molecule has 0 radical (unpaired) electrons. The maximum absolute atomic E-state index is 13.8. The Labute approximate surface area is 120 Å². The van der Waals surface area contributed by atoms with Crippen molar-refractivity contribution in [3.05, 3.63) is 52.6 Å². The summed E-state index contributed by atoms with van der Waals surface area (Å²) in [5.74, 6) is -1.39. The largest absolute Gasteiger partial charge is 0.465 e. The number of hydrogen-bond acceptors (Lipinski definition) is 4. The zero-order chi connectivity index (χ0) is 14.7. The monoisotopic (exact) mass is 294 g/mol. The van der Waals surface area contributed by atoms with E-state index in [1.54, 1.807) is 18.3 Å². The van der Waals surface area contributed by atoms with Crippen LogP contribution in [0.3, 0.4) is 0 Å². The average Bonchev–Trinajstić information content (AvgIpc) is 2.42. The summed E-state index contributed by atoms with van der Waals surface area (Å²) in [6, 6.07) is 5.91. The van der Waals surface area contributed by atoms with Gasteiger partial charge in [-0.05, 0) is 36.8 Å². The standard InChI is InChI=1S/C14H12ClFN2O2/c1-8-5-6-17-13(15)12(8)18-9-3-4-10(11(16)7-9)14(19)20-2/h3-7,18H,1-2H3. The van der Waals surface area contributed by atoms with Gasteiger partial charge in [0.1, 0.15) is 5.82 Å². The summed E-state index contributed by atoms with van der Waals surface area (Å²) in [5.41, 5.74) is 1.82. The first-order valence-electron chi connectivity index (χ1n) is 5.79. The molecule has 0 aliphatic carbocycles. The predicted octanol–water partition coefficient (Wildman–Crippen LogP) is 3.71.